The average Bonchev–Trinajstić information content (AvgIpc) is 2.28. The van der Waals surface area contributed by atoms with E-state index < -0.39 is 0 Å². The van der Waals surface area contributed by atoms with Crippen LogP contribution in [0.4, 0.5) is 5.69 Å². The first kappa shape index (κ1) is 13.2. The molecule has 0 unspecified atom stereocenters. The topological polar surface area (TPSA) is 55.4 Å². The van der Waals surface area contributed by atoms with E-state index in [9.17, 15) is 9.59 Å². The first-order valence-electron chi connectivity index (χ1n) is 5.51. The molecule has 1 aromatic carbocycles. The molecular formula is C13H17NO3. The standard InChI is InChI=1S/C13H17NO3/c1-9(2)8-12(15)14-11-6-4-10(5-7-11)13(16)17-3/h4-7,9H,8H2,1-3H3,(H,14,15). The van der Waals surface area contributed by atoms with E-state index in [1.807, 2.05) is 13.8 Å². The molecule has 0 bridgehead atoms. The predicted molar refractivity (Wildman–Crippen MR) is 65.9 cm³/mol. The Kier molecular flexibility index (Phi) is 4.69. The number of nitrogens with one attached hydrogen (secondary N) is 1. The van der Waals surface area contributed by atoms with Gasteiger partial charge in [0.05, 0.1) is 12.7 Å². The number of ether oxygens (including phenoxy) is 1. The number of anilines is 1. The van der Waals surface area contributed by atoms with Gasteiger partial charge in [-0.15, -0.1) is 0 Å². The van der Waals surface area contributed by atoms with E-state index in [0.717, 1.165) is 0 Å². The molecule has 0 heterocycles. The van der Waals surface area contributed by atoms with Crippen molar-refractivity contribution in [3.63, 3.8) is 0 Å². The van der Waals surface area contributed by atoms with E-state index in [-0.39, 0.29) is 11.9 Å². The van der Waals surface area contributed by atoms with Crippen LogP contribution in [0.1, 0.15) is 30.6 Å². The van der Waals surface area contributed by atoms with Gasteiger partial charge in [-0.1, -0.05) is 13.8 Å². The molecule has 0 aliphatic heterocycles. The Balaban J connectivity index is 2.62. The van der Waals surface area contributed by atoms with Crippen molar-refractivity contribution >= 4 is 17.6 Å². The van der Waals surface area contributed by atoms with Crippen molar-refractivity contribution < 1.29 is 14.3 Å². The number of hydrogen-bond donors (Lipinski definition) is 1. The second-order valence-electron chi connectivity index (χ2n) is 4.22. The highest BCUT2D eigenvalue weighted by Crippen LogP contribution is 2.11. The molecule has 1 rings (SSSR count). The maximum atomic E-state index is 11.5. The molecule has 0 saturated heterocycles. The number of methoxy groups -OCH3 is 1. The van der Waals surface area contributed by atoms with Crippen molar-refractivity contribution in [3.05, 3.63) is 29.8 Å². The molecule has 0 radical (unpaired) electrons. The number of amides is 1. The van der Waals surface area contributed by atoms with Crippen molar-refractivity contribution in [2.45, 2.75) is 20.3 Å². The Morgan fingerprint density at radius 3 is 2.29 bits per heavy atom. The van der Waals surface area contributed by atoms with E-state index >= 15 is 0 Å². The van der Waals surface area contributed by atoms with E-state index in [2.05, 4.69) is 10.1 Å². The molecule has 1 aromatic rings. The lowest BCUT2D eigenvalue weighted by Gasteiger charge is -2.07. The lowest BCUT2D eigenvalue weighted by Crippen LogP contribution is -2.13. The summed E-state index contributed by atoms with van der Waals surface area (Å²) in [5.74, 6) is -0.0831. The van der Waals surface area contributed by atoms with Gasteiger partial charge in [0.1, 0.15) is 0 Å². The molecule has 92 valence electrons. The summed E-state index contributed by atoms with van der Waals surface area (Å²) < 4.78 is 4.58. The zero-order valence-electron chi connectivity index (χ0n) is 10.3. The molecule has 0 aliphatic carbocycles. The van der Waals surface area contributed by atoms with Crippen molar-refractivity contribution in [1.82, 2.24) is 0 Å². The third-order valence-electron chi connectivity index (χ3n) is 2.18. The van der Waals surface area contributed by atoms with Crippen LogP contribution in [0.5, 0.6) is 0 Å². The molecule has 0 fully saturated rings. The third-order valence-corrected chi connectivity index (χ3v) is 2.18. The molecule has 0 aliphatic rings. The summed E-state index contributed by atoms with van der Waals surface area (Å²) >= 11 is 0. The molecule has 1 amide bonds. The molecule has 4 heteroatoms. The minimum Gasteiger partial charge on any atom is -0.465 e. The monoisotopic (exact) mass is 235 g/mol. The molecular weight excluding hydrogens is 218 g/mol. The normalized spacial score (nSPS) is 10.1. The lowest BCUT2D eigenvalue weighted by atomic mass is 10.1. The Morgan fingerprint density at radius 1 is 1.24 bits per heavy atom. The largest absolute Gasteiger partial charge is 0.465 e. The SMILES string of the molecule is COC(=O)c1ccc(NC(=O)CC(C)C)cc1. The lowest BCUT2D eigenvalue weighted by molar-refractivity contribution is -0.116. The van der Waals surface area contributed by atoms with Crippen molar-refractivity contribution in [3.8, 4) is 0 Å². The highest BCUT2D eigenvalue weighted by molar-refractivity contribution is 5.93. The number of carbonyl (C=O) groups excluding carboxylic acids is 2. The summed E-state index contributed by atoms with van der Waals surface area (Å²) in [4.78, 5) is 22.7. The van der Waals surface area contributed by atoms with Crippen LogP contribution in [0.25, 0.3) is 0 Å². The quantitative estimate of drug-likeness (QED) is 0.815. The van der Waals surface area contributed by atoms with Gasteiger partial charge in [0.2, 0.25) is 5.91 Å². The number of esters is 1. The van der Waals surface area contributed by atoms with Gasteiger partial charge in [0.25, 0.3) is 0 Å². The van der Waals surface area contributed by atoms with Gasteiger partial charge >= 0.3 is 5.97 Å². The molecule has 4 nitrogen and oxygen atoms in total. The summed E-state index contributed by atoms with van der Waals surface area (Å²) in [7, 11) is 1.33. The van der Waals surface area contributed by atoms with Crippen LogP contribution in [0.3, 0.4) is 0 Å². The van der Waals surface area contributed by atoms with Crippen LogP contribution in [-0.2, 0) is 9.53 Å². The Labute approximate surface area is 101 Å². The second kappa shape index (κ2) is 6.03. The Hall–Kier alpha value is -1.84. The summed E-state index contributed by atoms with van der Waals surface area (Å²) in [5, 5.41) is 2.77. The Bertz CT molecular complexity index is 396. The van der Waals surface area contributed by atoms with Gasteiger partial charge in [-0.25, -0.2) is 4.79 Å². The maximum absolute atomic E-state index is 11.5. The molecule has 0 aromatic heterocycles. The summed E-state index contributed by atoms with van der Waals surface area (Å²) in [6.07, 6.45) is 0.485. The fourth-order valence-corrected chi connectivity index (χ4v) is 1.39. The number of hydrogen-bond acceptors (Lipinski definition) is 3. The van der Waals surface area contributed by atoms with E-state index in [1.54, 1.807) is 24.3 Å². The minimum atomic E-state index is -0.384. The van der Waals surface area contributed by atoms with Gasteiger partial charge in [0, 0.05) is 12.1 Å². The second-order valence-corrected chi connectivity index (χ2v) is 4.22. The first-order chi connectivity index (χ1) is 8.02. The number of rotatable bonds is 4. The van der Waals surface area contributed by atoms with Gasteiger partial charge in [0.15, 0.2) is 0 Å². The van der Waals surface area contributed by atoms with E-state index in [1.165, 1.54) is 7.11 Å². The zero-order chi connectivity index (χ0) is 12.8. The van der Waals surface area contributed by atoms with Crippen LogP contribution < -0.4 is 5.32 Å². The van der Waals surface area contributed by atoms with E-state index in [4.69, 9.17) is 0 Å². The zero-order valence-corrected chi connectivity index (χ0v) is 10.3. The fourth-order valence-electron chi connectivity index (χ4n) is 1.39. The third kappa shape index (κ3) is 4.26. The summed E-state index contributed by atoms with van der Waals surface area (Å²) in [6, 6.07) is 6.61. The van der Waals surface area contributed by atoms with Crippen molar-refractivity contribution in [2.24, 2.45) is 5.92 Å². The maximum Gasteiger partial charge on any atom is 0.337 e. The number of carbonyl (C=O) groups is 2. The molecule has 0 atom stereocenters. The molecule has 0 spiro atoms. The smallest absolute Gasteiger partial charge is 0.337 e. The van der Waals surface area contributed by atoms with Gasteiger partial charge in [-0.05, 0) is 30.2 Å². The minimum absolute atomic E-state index is 0.0224. The van der Waals surface area contributed by atoms with Crippen molar-refractivity contribution in [1.29, 1.82) is 0 Å². The number of benzene rings is 1. The molecule has 0 saturated carbocycles. The van der Waals surface area contributed by atoms with Gasteiger partial charge in [-0.3, -0.25) is 4.79 Å². The Morgan fingerprint density at radius 2 is 1.82 bits per heavy atom. The predicted octanol–water partition coefficient (Wildman–Crippen LogP) is 2.46. The van der Waals surface area contributed by atoms with Gasteiger partial charge < -0.3 is 10.1 Å². The fraction of sp³-hybridized carbons (Fsp3) is 0.385. The van der Waals surface area contributed by atoms with Crippen LogP contribution in [0, 0.1) is 5.92 Å². The van der Waals surface area contributed by atoms with Crippen molar-refractivity contribution in [2.75, 3.05) is 12.4 Å². The molecule has 1 N–H and O–H groups in total. The first-order valence-corrected chi connectivity index (χ1v) is 5.51. The van der Waals surface area contributed by atoms with Crippen LogP contribution >= 0.6 is 0 Å². The molecule has 17 heavy (non-hydrogen) atoms. The van der Waals surface area contributed by atoms with Crippen LogP contribution in [-0.4, -0.2) is 19.0 Å². The van der Waals surface area contributed by atoms with Crippen LogP contribution in [0.15, 0.2) is 24.3 Å². The summed E-state index contributed by atoms with van der Waals surface area (Å²) in [5.41, 5.74) is 1.15. The average molecular weight is 235 g/mol. The van der Waals surface area contributed by atoms with Crippen LogP contribution in [0.2, 0.25) is 0 Å². The highest BCUT2D eigenvalue weighted by Gasteiger charge is 2.07. The van der Waals surface area contributed by atoms with Gasteiger partial charge in [-0.2, -0.15) is 0 Å². The van der Waals surface area contributed by atoms with E-state index in [0.29, 0.717) is 23.6 Å². The highest BCUT2D eigenvalue weighted by atomic mass is 16.5. The summed E-state index contributed by atoms with van der Waals surface area (Å²) in [6.45, 7) is 3.97.